The maximum Gasteiger partial charge on any atom is 0.311 e. The molecule has 4 aromatic carbocycles. The maximum atomic E-state index is 13.5. The maximum absolute atomic E-state index is 13.5. The van der Waals surface area contributed by atoms with E-state index in [0.717, 1.165) is 20.8 Å². The Labute approximate surface area is 232 Å². The highest BCUT2D eigenvalue weighted by Crippen LogP contribution is 2.32. The van der Waals surface area contributed by atoms with E-state index in [1.54, 1.807) is 24.3 Å². The van der Waals surface area contributed by atoms with Gasteiger partial charge in [0, 0.05) is 21.5 Å². The Hall–Kier alpha value is -4.37. The fourth-order valence-electron chi connectivity index (χ4n) is 4.37. The largest absolute Gasteiger partial charge is 0.481 e. The SMILES string of the molecule is CC(C)(C)c1nc2ccc(Br)cc2c(=O)n1N=Cc1cccc([N+](=O)[O-])c1OCc1cccc2ccccc12. The Balaban J connectivity index is 1.60. The van der Waals surface area contributed by atoms with Crippen molar-refractivity contribution in [2.45, 2.75) is 32.8 Å². The number of fused-ring (bicyclic) bond motifs is 2. The van der Waals surface area contributed by atoms with Crippen LogP contribution in [0.4, 0.5) is 5.69 Å². The lowest BCUT2D eigenvalue weighted by atomic mass is 9.95. The zero-order valence-corrected chi connectivity index (χ0v) is 23.2. The Morgan fingerprint density at radius 3 is 2.54 bits per heavy atom. The van der Waals surface area contributed by atoms with Crippen LogP contribution in [0.3, 0.4) is 0 Å². The van der Waals surface area contributed by atoms with Gasteiger partial charge in [0.05, 0.1) is 22.0 Å². The Kier molecular flexibility index (Phi) is 7.01. The number of hydrogen-bond acceptors (Lipinski definition) is 6. The average molecular weight is 585 g/mol. The van der Waals surface area contributed by atoms with Gasteiger partial charge in [0.15, 0.2) is 0 Å². The number of benzene rings is 4. The molecule has 196 valence electrons. The summed E-state index contributed by atoms with van der Waals surface area (Å²) < 4.78 is 8.08. The number of para-hydroxylation sites is 1. The van der Waals surface area contributed by atoms with E-state index in [4.69, 9.17) is 9.72 Å². The molecule has 1 heterocycles. The number of nitro groups is 1. The number of nitrogens with zero attached hydrogens (tertiary/aromatic N) is 4. The molecule has 9 heteroatoms. The molecule has 0 bridgehead atoms. The van der Waals surface area contributed by atoms with Gasteiger partial charge in [-0.1, -0.05) is 85.2 Å². The molecule has 0 N–H and O–H groups in total. The van der Waals surface area contributed by atoms with E-state index in [2.05, 4.69) is 21.0 Å². The summed E-state index contributed by atoms with van der Waals surface area (Å²) in [5.41, 5.74) is 0.784. The normalized spacial score (nSPS) is 11.9. The van der Waals surface area contributed by atoms with E-state index >= 15 is 0 Å². The summed E-state index contributed by atoms with van der Waals surface area (Å²) in [6, 6.07) is 23.7. The summed E-state index contributed by atoms with van der Waals surface area (Å²) in [5.74, 6) is 0.531. The van der Waals surface area contributed by atoms with Crippen LogP contribution in [0, 0.1) is 10.1 Å². The third-order valence-corrected chi connectivity index (χ3v) is 6.76. The first-order chi connectivity index (χ1) is 18.6. The van der Waals surface area contributed by atoms with Gasteiger partial charge in [-0.3, -0.25) is 14.9 Å². The number of aromatic nitrogens is 2. The van der Waals surface area contributed by atoms with Gasteiger partial charge < -0.3 is 4.74 Å². The van der Waals surface area contributed by atoms with Crippen LogP contribution in [-0.2, 0) is 12.0 Å². The van der Waals surface area contributed by atoms with E-state index in [0.29, 0.717) is 22.3 Å². The van der Waals surface area contributed by atoms with Crippen LogP contribution in [0.1, 0.15) is 37.7 Å². The van der Waals surface area contributed by atoms with Crippen molar-refractivity contribution in [1.82, 2.24) is 9.66 Å². The minimum Gasteiger partial charge on any atom is -0.481 e. The van der Waals surface area contributed by atoms with Gasteiger partial charge >= 0.3 is 5.69 Å². The molecular weight excluding hydrogens is 560 g/mol. The lowest BCUT2D eigenvalue weighted by Gasteiger charge is -2.21. The fraction of sp³-hybridized carbons (Fsp3) is 0.167. The van der Waals surface area contributed by atoms with Crippen molar-refractivity contribution in [3.63, 3.8) is 0 Å². The molecular formula is C30H25BrN4O4. The standard InChI is InChI=1S/C30H25BrN4O4/c1-30(2,3)29-33-25-15-14-22(31)16-24(25)28(36)34(29)32-17-20-10-7-13-26(35(37)38)27(20)39-18-21-11-6-9-19-8-4-5-12-23(19)21/h4-17H,18H2,1-3H3. The van der Waals surface area contributed by atoms with Crippen LogP contribution in [-0.4, -0.2) is 20.8 Å². The molecule has 0 aliphatic rings. The highest BCUT2D eigenvalue weighted by atomic mass is 79.9. The van der Waals surface area contributed by atoms with Gasteiger partial charge in [0.2, 0.25) is 5.75 Å². The molecule has 5 aromatic rings. The molecule has 0 fully saturated rings. The first-order valence-corrected chi connectivity index (χ1v) is 13.1. The van der Waals surface area contributed by atoms with Gasteiger partial charge in [-0.25, -0.2) is 4.98 Å². The van der Waals surface area contributed by atoms with Crippen LogP contribution in [0.15, 0.2) is 93.2 Å². The molecule has 0 unspecified atom stereocenters. The Bertz CT molecular complexity index is 1820. The number of nitro benzene ring substituents is 1. The highest BCUT2D eigenvalue weighted by Gasteiger charge is 2.24. The van der Waals surface area contributed by atoms with Crippen molar-refractivity contribution in [2.24, 2.45) is 5.10 Å². The van der Waals surface area contributed by atoms with Crippen molar-refractivity contribution in [2.75, 3.05) is 0 Å². The third kappa shape index (κ3) is 5.31. The quantitative estimate of drug-likeness (QED) is 0.122. The van der Waals surface area contributed by atoms with Crippen molar-refractivity contribution in [1.29, 1.82) is 0 Å². The molecule has 0 aliphatic carbocycles. The molecule has 1 aromatic heterocycles. The predicted octanol–water partition coefficient (Wildman–Crippen LogP) is 6.98. The second kappa shape index (κ2) is 10.4. The first kappa shape index (κ1) is 26.2. The van der Waals surface area contributed by atoms with E-state index in [9.17, 15) is 14.9 Å². The molecule has 0 radical (unpaired) electrons. The molecule has 0 saturated heterocycles. The van der Waals surface area contributed by atoms with Crippen molar-refractivity contribution in [3.05, 3.63) is 121 Å². The minimum absolute atomic E-state index is 0.0704. The summed E-state index contributed by atoms with van der Waals surface area (Å²) in [5, 5.41) is 18.8. The van der Waals surface area contributed by atoms with Crippen LogP contribution in [0.25, 0.3) is 21.7 Å². The molecule has 39 heavy (non-hydrogen) atoms. The number of hydrogen-bond donors (Lipinski definition) is 0. The van der Waals surface area contributed by atoms with Gasteiger partial charge in [-0.05, 0) is 40.6 Å². The summed E-state index contributed by atoms with van der Waals surface area (Å²) >= 11 is 3.41. The van der Waals surface area contributed by atoms with E-state index in [-0.39, 0.29) is 23.6 Å². The topological polar surface area (TPSA) is 99.6 Å². The number of halogens is 1. The smallest absolute Gasteiger partial charge is 0.311 e. The van der Waals surface area contributed by atoms with Gasteiger partial charge in [0.1, 0.15) is 12.4 Å². The van der Waals surface area contributed by atoms with Gasteiger partial charge in [-0.2, -0.15) is 9.78 Å². The molecule has 8 nitrogen and oxygen atoms in total. The zero-order chi connectivity index (χ0) is 27.7. The van der Waals surface area contributed by atoms with E-state index < -0.39 is 10.3 Å². The minimum atomic E-state index is -0.506. The second-order valence-corrected chi connectivity index (χ2v) is 11.0. The Morgan fingerprint density at radius 2 is 1.77 bits per heavy atom. The average Bonchev–Trinajstić information content (AvgIpc) is 2.91. The van der Waals surface area contributed by atoms with Crippen LogP contribution in [0.5, 0.6) is 5.75 Å². The molecule has 0 atom stereocenters. The number of rotatable bonds is 6. The molecule has 0 saturated carbocycles. The first-order valence-electron chi connectivity index (χ1n) is 12.3. The van der Waals surface area contributed by atoms with Crippen LogP contribution in [0.2, 0.25) is 0 Å². The van der Waals surface area contributed by atoms with Gasteiger partial charge in [-0.15, -0.1) is 0 Å². The van der Waals surface area contributed by atoms with Crippen LogP contribution >= 0.6 is 15.9 Å². The van der Waals surface area contributed by atoms with Crippen LogP contribution < -0.4 is 10.3 Å². The third-order valence-electron chi connectivity index (χ3n) is 6.26. The summed E-state index contributed by atoms with van der Waals surface area (Å²) in [6.07, 6.45) is 1.41. The lowest BCUT2D eigenvalue weighted by molar-refractivity contribution is -0.385. The Morgan fingerprint density at radius 1 is 1.03 bits per heavy atom. The van der Waals surface area contributed by atoms with E-state index in [1.165, 1.54) is 17.0 Å². The monoisotopic (exact) mass is 584 g/mol. The lowest BCUT2D eigenvalue weighted by Crippen LogP contribution is -2.29. The molecule has 0 spiro atoms. The summed E-state index contributed by atoms with van der Waals surface area (Å²) in [6.45, 7) is 5.94. The van der Waals surface area contributed by atoms with Crippen molar-refractivity contribution in [3.8, 4) is 5.75 Å². The highest BCUT2D eigenvalue weighted by molar-refractivity contribution is 9.10. The summed E-state index contributed by atoms with van der Waals surface area (Å²) in [4.78, 5) is 29.6. The fourth-order valence-corrected chi connectivity index (χ4v) is 4.74. The number of ether oxygens (including phenoxy) is 1. The molecule has 5 rings (SSSR count). The van der Waals surface area contributed by atoms with Crippen molar-refractivity contribution >= 4 is 49.5 Å². The van der Waals surface area contributed by atoms with E-state index in [1.807, 2.05) is 69.3 Å². The molecule has 0 aliphatic heterocycles. The van der Waals surface area contributed by atoms with Gasteiger partial charge in [0.25, 0.3) is 5.56 Å². The predicted molar refractivity (Wildman–Crippen MR) is 157 cm³/mol. The van der Waals surface area contributed by atoms with Crippen molar-refractivity contribution < 1.29 is 9.66 Å². The molecule has 0 amide bonds. The second-order valence-electron chi connectivity index (χ2n) is 10.1. The zero-order valence-electron chi connectivity index (χ0n) is 21.6. The summed E-state index contributed by atoms with van der Waals surface area (Å²) in [7, 11) is 0.